The zero-order valence-corrected chi connectivity index (χ0v) is 13.8. The van der Waals surface area contributed by atoms with Gasteiger partial charge in [-0.2, -0.15) is 0 Å². The Morgan fingerprint density at radius 3 is 2.79 bits per heavy atom. The average Bonchev–Trinajstić information content (AvgIpc) is 3.00. The highest BCUT2D eigenvalue weighted by molar-refractivity contribution is 8.00. The maximum Gasteiger partial charge on any atom is 0.318 e. The molecule has 0 N–H and O–H groups in total. The summed E-state index contributed by atoms with van der Waals surface area (Å²) in [6.45, 7) is 2.14. The maximum atomic E-state index is 13.0. The summed E-state index contributed by atoms with van der Waals surface area (Å²) in [6.07, 6.45) is 1.40. The number of methoxy groups -OCH3 is 1. The van der Waals surface area contributed by atoms with E-state index in [0.29, 0.717) is 22.7 Å². The number of thioether (sulfide) groups is 1. The van der Waals surface area contributed by atoms with Crippen LogP contribution in [-0.2, 0) is 16.1 Å². The number of fused-ring (bicyclic) bond motifs is 1. The zero-order chi connectivity index (χ0) is 17.1. The van der Waals surface area contributed by atoms with Crippen LogP contribution in [0.4, 0.5) is 4.39 Å². The van der Waals surface area contributed by atoms with Gasteiger partial charge in [-0.05, 0) is 24.6 Å². The van der Waals surface area contributed by atoms with E-state index in [1.165, 1.54) is 37.3 Å². The average molecular weight is 347 g/mol. The first-order valence-electron chi connectivity index (χ1n) is 7.11. The van der Waals surface area contributed by atoms with Gasteiger partial charge in [0.25, 0.3) is 0 Å². The smallest absolute Gasteiger partial charge is 0.318 e. The number of ether oxygens (including phenoxy) is 1. The number of carbonyl (C=O) groups is 1. The van der Waals surface area contributed by atoms with Crippen molar-refractivity contribution in [1.29, 1.82) is 0 Å². The lowest BCUT2D eigenvalue weighted by atomic mass is 10.2. The van der Waals surface area contributed by atoms with Crippen molar-refractivity contribution in [3.8, 4) is 0 Å². The Hall–Kier alpha value is -2.55. The molecular weight excluding hydrogens is 333 g/mol. The zero-order valence-electron chi connectivity index (χ0n) is 13.0. The second-order valence-corrected chi connectivity index (χ2v) is 6.34. The van der Waals surface area contributed by atoms with E-state index in [0.717, 1.165) is 5.56 Å². The van der Waals surface area contributed by atoms with E-state index >= 15 is 0 Å². The summed E-state index contributed by atoms with van der Waals surface area (Å²) in [4.78, 5) is 20.0. The topological polar surface area (TPSA) is 82.8 Å². The Kier molecular flexibility index (Phi) is 4.70. The maximum absolute atomic E-state index is 13.0. The Labute approximate surface area is 141 Å². The number of rotatable bonds is 5. The molecule has 2 heterocycles. The van der Waals surface area contributed by atoms with Crippen molar-refractivity contribution < 1.29 is 13.9 Å². The van der Waals surface area contributed by atoms with Crippen LogP contribution in [0, 0.1) is 5.82 Å². The summed E-state index contributed by atoms with van der Waals surface area (Å²) in [6, 6.07) is 6.14. The van der Waals surface area contributed by atoms with Gasteiger partial charge in [0.15, 0.2) is 11.2 Å². The van der Waals surface area contributed by atoms with Crippen LogP contribution in [0.15, 0.2) is 35.6 Å². The van der Waals surface area contributed by atoms with E-state index in [1.54, 1.807) is 23.7 Å². The van der Waals surface area contributed by atoms with Gasteiger partial charge >= 0.3 is 5.97 Å². The van der Waals surface area contributed by atoms with Gasteiger partial charge in [0, 0.05) is 0 Å². The van der Waals surface area contributed by atoms with Crippen molar-refractivity contribution in [3.63, 3.8) is 0 Å². The number of hydrogen-bond donors (Lipinski definition) is 0. The number of carbonyl (C=O) groups excluding carboxylic acids is 1. The molecule has 7 nitrogen and oxygen atoms in total. The Morgan fingerprint density at radius 2 is 2.08 bits per heavy atom. The van der Waals surface area contributed by atoms with E-state index in [1.807, 2.05) is 0 Å². The Morgan fingerprint density at radius 1 is 1.33 bits per heavy atom. The molecule has 0 unspecified atom stereocenters. The standard InChI is InChI=1S/C15H14FN5O2S/c1-9(15(22)23-2)24-14-12-13(17-8-18-14)21(20-19-12)7-10-3-5-11(16)6-4-10/h3-6,8-9H,7H2,1-2H3/t9-/m0/s1. The fraction of sp³-hybridized carbons (Fsp3) is 0.267. The molecule has 3 aromatic rings. The van der Waals surface area contributed by atoms with E-state index in [2.05, 4.69) is 20.3 Å². The van der Waals surface area contributed by atoms with Gasteiger partial charge in [-0.15, -0.1) is 5.10 Å². The minimum Gasteiger partial charge on any atom is -0.468 e. The third-order valence-electron chi connectivity index (χ3n) is 3.33. The van der Waals surface area contributed by atoms with Gasteiger partial charge in [-0.3, -0.25) is 4.79 Å². The third kappa shape index (κ3) is 3.35. The Balaban J connectivity index is 1.88. The minimum atomic E-state index is -0.421. The molecule has 0 aliphatic heterocycles. The summed E-state index contributed by atoms with van der Waals surface area (Å²) < 4.78 is 19.3. The molecule has 0 saturated carbocycles. The van der Waals surface area contributed by atoms with E-state index in [4.69, 9.17) is 4.74 Å². The highest BCUT2D eigenvalue weighted by atomic mass is 32.2. The van der Waals surface area contributed by atoms with Crippen molar-refractivity contribution >= 4 is 28.9 Å². The highest BCUT2D eigenvalue weighted by Gasteiger charge is 2.19. The first-order chi connectivity index (χ1) is 11.6. The molecule has 2 aromatic heterocycles. The summed E-state index contributed by atoms with van der Waals surface area (Å²) in [5.74, 6) is -0.634. The second-order valence-electron chi connectivity index (χ2n) is 5.01. The van der Waals surface area contributed by atoms with Crippen LogP contribution in [0.5, 0.6) is 0 Å². The van der Waals surface area contributed by atoms with Gasteiger partial charge in [0.1, 0.15) is 22.4 Å². The lowest BCUT2D eigenvalue weighted by Crippen LogP contribution is -2.14. The summed E-state index contributed by atoms with van der Waals surface area (Å²) in [7, 11) is 1.34. The SMILES string of the molecule is COC(=O)[C@H](C)Sc1ncnc2c1nnn2Cc1ccc(F)cc1. The van der Waals surface area contributed by atoms with Crippen LogP contribution in [0.25, 0.3) is 11.2 Å². The lowest BCUT2D eigenvalue weighted by molar-refractivity contribution is -0.139. The summed E-state index contributed by atoms with van der Waals surface area (Å²) in [5.41, 5.74) is 1.94. The number of halogens is 1. The molecule has 124 valence electrons. The predicted molar refractivity (Wildman–Crippen MR) is 86.0 cm³/mol. The van der Waals surface area contributed by atoms with Crippen molar-refractivity contribution in [1.82, 2.24) is 25.0 Å². The van der Waals surface area contributed by atoms with Crippen LogP contribution in [0.1, 0.15) is 12.5 Å². The van der Waals surface area contributed by atoms with E-state index in [9.17, 15) is 9.18 Å². The van der Waals surface area contributed by atoms with Crippen LogP contribution in [0.2, 0.25) is 0 Å². The fourth-order valence-corrected chi connectivity index (χ4v) is 2.99. The molecule has 9 heteroatoms. The lowest BCUT2D eigenvalue weighted by Gasteiger charge is -2.07. The van der Waals surface area contributed by atoms with Crippen molar-refractivity contribution in [3.05, 3.63) is 42.0 Å². The highest BCUT2D eigenvalue weighted by Crippen LogP contribution is 2.27. The van der Waals surface area contributed by atoms with Crippen LogP contribution < -0.4 is 0 Å². The van der Waals surface area contributed by atoms with Gasteiger partial charge < -0.3 is 4.74 Å². The van der Waals surface area contributed by atoms with Crippen molar-refractivity contribution in [2.75, 3.05) is 7.11 Å². The minimum absolute atomic E-state index is 0.292. The molecule has 1 atom stereocenters. The first kappa shape index (κ1) is 16.3. The molecule has 0 saturated heterocycles. The molecule has 3 rings (SSSR count). The van der Waals surface area contributed by atoms with E-state index < -0.39 is 5.25 Å². The first-order valence-corrected chi connectivity index (χ1v) is 7.99. The quantitative estimate of drug-likeness (QED) is 0.397. The third-order valence-corrected chi connectivity index (χ3v) is 4.40. The van der Waals surface area contributed by atoms with Gasteiger partial charge in [0.2, 0.25) is 0 Å². The van der Waals surface area contributed by atoms with Crippen LogP contribution in [-0.4, -0.2) is 43.3 Å². The predicted octanol–water partition coefficient (Wildman–Crippen LogP) is 2.06. The molecule has 0 fully saturated rings. The molecule has 24 heavy (non-hydrogen) atoms. The fourth-order valence-electron chi connectivity index (χ4n) is 2.11. The second kappa shape index (κ2) is 6.91. The number of aromatic nitrogens is 5. The van der Waals surface area contributed by atoms with Crippen molar-refractivity contribution in [2.24, 2.45) is 0 Å². The number of hydrogen-bond acceptors (Lipinski definition) is 7. The molecule has 1 aromatic carbocycles. The van der Waals surface area contributed by atoms with E-state index in [-0.39, 0.29) is 11.8 Å². The van der Waals surface area contributed by atoms with Crippen LogP contribution >= 0.6 is 11.8 Å². The van der Waals surface area contributed by atoms with Crippen LogP contribution in [0.3, 0.4) is 0 Å². The summed E-state index contributed by atoms with van der Waals surface area (Å²) in [5, 5.41) is 8.34. The molecule has 0 amide bonds. The Bertz CT molecular complexity index is 868. The molecule has 0 radical (unpaired) electrons. The largest absolute Gasteiger partial charge is 0.468 e. The molecular formula is C15H14FN5O2S. The monoisotopic (exact) mass is 347 g/mol. The number of nitrogens with zero attached hydrogens (tertiary/aromatic N) is 5. The molecule has 0 aliphatic carbocycles. The number of benzene rings is 1. The van der Waals surface area contributed by atoms with Crippen molar-refractivity contribution in [2.45, 2.75) is 23.7 Å². The normalized spacial score (nSPS) is 12.3. The number of esters is 1. The molecule has 0 aliphatic rings. The van der Waals surface area contributed by atoms with Gasteiger partial charge in [-0.1, -0.05) is 29.1 Å². The molecule has 0 bridgehead atoms. The molecule has 0 spiro atoms. The van der Waals surface area contributed by atoms with Gasteiger partial charge in [0.05, 0.1) is 13.7 Å². The summed E-state index contributed by atoms with van der Waals surface area (Å²) >= 11 is 1.24. The van der Waals surface area contributed by atoms with Gasteiger partial charge in [-0.25, -0.2) is 19.0 Å².